The van der Waals surface area contributed by atoms with Gasteiger partial charge in [-0.25, -0.2) is 9.80 Å². The fourth-order valence-corrected chi connectivity index (χ4v) is 0.973. The molecule has 0 fully saturated rings. The number of amides is 1. The van der Waals surface area contributed by atoms with Crippen molar-refractivity contribution in [3.05, 3.63) is 34.4 Å². The minimum Gasteiger partial charge on any atom is -0.409 e. The van der Waals surface area contributed by atoms with E-state index in [9.17, 15) is 14.9 Å². The number of hydrogen-bond acceptors (Lipinski definition) is 5. The van der Waals surface area contributed by atoms with Gasteiger partial charge < -0.3 is 4.74 Å². The van der Waals surface area contributed by atoms with Crippen LogP contribution in [0.15, 0.2) is 24.3 Å². The van der Waals surface area contributed by atoms with Gasteiger partial charge in [0.05, 0.1) is 11.0 Å². The summed E-state index contributed by atoms with van der Waals surface area (Å²) >= 11 is 0. The average Bonchev–Trinajstić information content (AvgIpc) is 2.16. The molecule has 1 N–H and O–H groups in total. The molecule has 1 rings (SSSR count). The van der Waals surface area contributed by atoms with E-state index in [1.165, 1.54) is 29.3 Å². The van der Waals surface area contributed by atoms with Gasteiger partial charge in [-0.3, -0.25) is 15.5 Å². The van der Waals surface area contributed by atoms with Crippen LogP contribution in [0.1, 0.15) is 0 Å². The van der Waals surface area contributed by atoms with Crippen LogP contribution < -0.4 is 10.2 Å². The van der Waals surface area contributed by atoms with Gasteiger partial charge in [-0.05, 0) is 6.07 Å². The van der Waals surface area contributed by atoms with Crippen molar-refractivity contribution in [1.29, 1.82) is 0 Å². The van der Waals surface area contributed by atoms with Crippen LogP contribution in [0.2, 0.25) is 0 Å². The standard InChI is InChI=1S/C9H11N3O4/c1-11(2)10-9(13)16-8-5-3-4-7(6-8)12(14)15/h3-6H,1-2H3,(H,10,13). The molecule has 1 amide bonds. The normalized spacial score (nSPS) is 9.94. The van der Waals surface area contributed by atoms with Gasteiger partial charge in [0, 0.05) is 20.2 Å². The van der Waals surface area contributed by atoms with E-state index >= 15 is 0 Å². The van der Waals surface area contributed by atoms with Crippen LogP contribution in [0.3, 0.4) is 0 Å². The van der Waals surface area contributed by atoms with Crippen LogP contribution in [-0.4, -0.2) is 30.1 Å². The van der Waals surface area contributed by atoms with Crippen molar-refractivity contribution in [1.82, 2.24) is 10.4 Å². The van der Waals surface area contributed by atoms with Crippen LogP contribution in [0.4, 0.5) is 10.5 Å². The van der Waals surface area contributed by atoms with E-state index in [1.807, 2.05) is 0 Å². The Balaban J connectivity index is 2.70. The second-order valence-corrected chi connectivity index (χ2v) is 3.15. The molecule has 0 saturated carbocycles. The van der Waals surface area contributed by atoms with Crippen molar-refractivity contribution in [2.24, 2.45) is 0 Å². The van der Waals surface area contributed by atoms with E-state index in [4.69, 9.17) is 4.74 Å². The average molecular weight is 225 g/mol. The first-order chi connectivity index (χ1) is 7.49. The lowest BCUT2D eigenvalue weighted by Gasteiger charge is -2.11. The highest BCUT2D eigenvalue weighted by molar-refractivity contribution is 5.69. The number of nitro benzene ring substituents is 1. The van der Waals surface area contributed by atoms with Crippen molar-refractivity contribution in [2.75, 3.05) is 14.1 Å². The van der Waals surface area contributed by atoms with Gasteiger partial charge in [0.15, 0.2) is 0 Å². The summed E-state index contributed by atoms with van der Waals surface area (Å²) in [6.07, 6.45) is -0.703. The summed E-state index contributed by atoms with van der Waals surface area (Å²) in [7, 11) is 3.24. The molecule has 0 aliphatic rings. The van der Waals surface area contributed by atoms with E-state index in [0.29, 0.717) is 0 Å². The van der Waals surface area contributed by atoms with Crippen molar-refractivity contribution in [2.45, 2.75) is 0 Å². The molecule has 0 aliphatic heterocycles. The number of nitrogens with one attached hydrogen (secondary N) is 1. The third kappa shape index (κ3) is 3.54. The molecular weight excluding hydrogens is 214 g/mol. The van der Waals surface area contributed by atoms with Crippen LogP contribution in [-0.2, 0) is 0 Å². The van der Waals surface area contributed by atoms with Crippen molar-refractivity contribution in [3.8, 4) is 5.75 Å². The Labute approximate surface area is 91.7 Å². The second-order valence-electron chi connectivity index (χ2n) is 3.15. The number of carbonyl (C=O) groups excluding carboxylic acids is 1. The number of non-ortho nitro benzene ring substituents is 1. The molecule has 0 aliphatic carbocycles. The predicted molar refractivity (Wildman–Crippen MR) is 55.9 cm³/mol. The maximum absolute atomic E-state index is 11.2. The highest BCUT2D eigenvalue weighted by Crippen LogP contribution is 2.18. The number of nitrogens with zero attached hydrogens (tertiary/aromatic N) is 2. The van der Waals surface area contributed by atoms with Gasteiger partial charge >= 0.3 is 6.09 Å². The lowest BCUT2D eigenvalue weighted by Crippen LogP contribution is -2.38. The zero-order chi connectivity index (χ0) is 12.1. The van der Waals surface area contributed by atoms with Crippen LogP contribution >= 0.6 is 0 Å². The first kappa shape index (κ1) is 11.9. The lowest BCUT2D eigenvalue weighted by atomic mass is 10.3. The van der Waals surface area contributed by atoms with Crippen molar-refractivity contribution >= 4 is 11.8 Å². The molecule has 0 aromatic heterocycles. The minimum atomic E-state index is -0.703. The molecule has 7 heteroatoms. The summed E-state index contributed by atoms with van der Waals surface area (Å²) in [5.41, 5.74) is 2.21. The Hall–Kier alpha value is -2.15. The smallest absolute Gasteiger partial charge is 0.409 e. The monoisotopic (exact) mass is 225 g/mol. The summed E-state index contributed by atoms with van der Waals surface area (Å²) in [5.74, 6) is 0.119. The molecule has 0 bridgehead atoms. The number of hydrazine groups is 1. The summed E-state index contributed by atoms with van der Waals surface area (Å²) in [6.45, 7) is 0. The first-order valence-electron chi connectivity index (χ1n) is 4.39. The van der Waals surface area contributed by atoms with Crippen LogP contribution in [0.25, 0.3) is 0 Å². The largest absolute Gasteiger partial charge is 0.427 e. The molecule has 0 spiro atoms. The van der Waals surface area contributed by atoms with Gasteiger partial charge in [-0.1, -0.05) is 6.07 Å². The molecule has 0 saturated heterocycles. The minimum absolute atomic E-state index is 0.119. The molecular formula is C9H11N3O4. The van der Waals surface area contributed by atoms with Gasteiger partial charge in [-0.2, -0.15) is 0 Å². The third-order valence-electron chi connectivity index (χ3n) is 1.55. The zero-order valence-electron chi connectivity index (χ0n) is 8.84. The Morgan fingerprint density at radius 1 is 1.50 bits per heavy atom. The number of nitro groups is 1. The van der Waals surface area contributed by atoms with Gasteiger partial charge in [0.25, 0.3) is 5.69 Å². The number of benzene rings is 1. The van der Waals surface area contributed by atoms with Crippen molar-refractivity contribution in [3.63, 3.8) is 0 Å². The van der Waals surface area contributed by atoms with E-state index in [1.54, 1.807) is 14.1 Å². The number of rotatable bonds is 3. The van der Waals surface area contributed by atoms with Gasteiger partial charge in [0.2, 0.25) is 0 Å². The van der Waals surface area contributed by atoms with E-state index in [0.717, 1.165) is 0 Å². The fourth-order valence-electron chi connectivity index (χ4n) is 0.973. The molecule has 16 heavy (non-hydrogen) atoms. The van der Waals surface area contributed by atoms with Gasteiger partial charge in [0.1, 0.15) is 5.75 Å². The van der Waals surface area contributed by atoms with Crippen molar-refractivity contribution < 1.29 is 14.5 Å². The summed E-state index contributed by atoms with van der Waals surface area (Å²) in [6, 6.07) is 5.39. The quantitative estimate of drug-likeness (QED) is 0.616. The SMILES string of the molecule is CN(C)NC(=O)Oc1cccc([N+](=O)[O-])c1. The second kappa shape index (κ2) is 5.08. The molecule has 86 valence electrons. The molecule has 1 aromatic rings. The lowest BCUT2D eigenvalue weighted by molar-refractivity contribution is -0.384. The molecule has 0 radical (unpaired) electrons. The van der Waals surface area contributed by atoms with Gasteiger partial charge in [-0.15, -0.1) is 0 Å². The summed E-state index contributed by atoms with van der Waals surface area (Å²) in [4.78, 5) is 21.1. The van der Waals surface area contributed by atoms with E-state index in [-0.39, 0.29) is 11.4 Å². The number of hydrogen-bond donors (Lipinski definition) is 1. The maximum Gasteiger partial charge on any atom is 0.427 e. The number of ether oxygens (including phenoxy) is 1. The zero-order valence-corrected chi connectivity index (χ0v) is 8.84. The molecule has 1 aromatic carbocycles. The Bertz CT molecular complexity index is 405. The molecule has 0 atom stereocenters. The van der Waals surface area contributed by atoms with Crippen LogP contribution in [0, 0.1) is 10.1 Å². The fraction of sp³-hybridized carbons (Fsp3) is 0.222. The Morgan fingerprint density at radius 3 is 2.75 bits per heavy atom. The highest BCUT2D eigenvalue weighted by Gasteiger charge is 2.09. The van der Waals surface area contributed by atoms with Crippen LogP contribution in [0.5, 0.6) is 5.75 Å². The first-order valence-corrected chi connectivity index (χ1v) is 4.39. The molecule has 0 heterocycles. The third-order valence-corrected chi connectivity index (χ3v) is 1.55. The Morgan fingerprint density at radius 2 is 2.19 bits per heavy atom. The van der Waals surface area contributed by atoms with E-state index in [2.05, 4.69) is 5.43 Å². The Kier molecular flexibility index (Phi) is 3.78. The molecule has 0 unspecified atom stereocenters. The van der Waals surface area contributed by atoms with E-state index < -0.39 is 11.0 Å². The summed E-state index contributed by atoms with van der Waals surface area (Å²) < 4.78 is 4.82. The number of carbonyl (C=O) groups is 1. The maximum atomic E-state index is 11.2. The molecule has 7 nitrogen and oxygen atoms in total. The highest BCUT2D eigenvalue weighted by atomic mass is 16.6. The summed E-state index contributed by atoms with van der Waals surface area (Å²) in [5, 5.41) is 11.9. The topological polar surface area (TPSA) is 84.7 Å². The predicted octanol–water partition coefficient (Wildman–Crippen LogP) is 1.16.